The normalized spacial score (nSPS) is 16.6. The van der Waals surface area contributed by atoms with Crippen LogP contribution in [0, 0.1) is 5.82 Å². The Labute approximate surface area is 219 Å². The smallest absolute Gasteiger partial charge is 0.270 e. The topological polar surface area (TPSA) is 76.8 Å². The predicted octanol–water partition coefficient (Wildman–Crippen LogP) is 3.48. The van der Waals surface area contributed by atoms with Crippen molar-refractivity contribution in [2.24, 2.45) is 4.99 Å². The maximum atomic E-state index is 13.7. The van der Waals surface area contributed by atoms with E-state index in [-0.39, 0.29) is 24.2 Å². The number of halogens is 2. The number of carbonyl (C=O) groups excluding carboxylic acids is 2. The lowest BCUT2D eigenvalue weighted by Crippen LogP contribution is -2.31. The summed E-state index contributed by atoms with van der Waals surface area (Å²) in [6.07, 6.45) is 3.25. The van der Waals surface area contributed by atoms with Gasteiger partial charge in [0.1, 0.15) is 18.1 Å². The first-order valence-electron chi connectivity index (χ1n) is 11.7. The standard InChI is InChI=1S/C28H20BrFN4O3/c29-20-4-8-22(9-5-20)34-15-23(18-2-6-21(30)7-3-18)27(32-34)28-33(26(36)16-37-28)12-11-17-1-10-24-19(13-17)14-25(35)31-24/h1-10,13-15,28H,11-12,16H2/t28-/m0/s1. The Kier molecular flexibility index (Phi) is 6.02. The minimum atomic E-state index is -0.693. The second kappa shape index (κ2) is 9.49. The van der Waals surface area contributed by atoms with Gasteiger partial charge in [-0.2, -0.15) is 5.10 Å². The van der Waals surface area contributed by atoms with Crippen LogP contribution in [0.3, 0.4) is 0 Å². The van der Waals surface area contributed by atoms with E-state index in [9.17, 15) is 14.0 Å². The van der Waals surface area contributed by atoms with Gasteiger partial charge in [-0.15, -0.1) is 0 Å². The number of benzene rings is 3. The molecule has 3 aromatic carbocycles. The molecule has 184 valence electrons. The van der Waals surface area contributed by atoms with Crippen molar-refractivity contribution in [1.82, 2.24) is 14.7 Å². The molecule has 4 aromatic rings. The van der Waals surface area contributed by atoms with Crippen molar-refractivity contribution >= 4 is 33.8 Å². The number of aromatic nitrogens is 2. The number of carbonyl (C=O) groups is 2. The molecule has 0 aliphatic carbocycles. The van der Waals surface area contributed by atoms with Gasteiger partial charge in [0.2, 0.25) is 0 Å². The number of rotatable bonds is 6. The van der Waals surface area contributed by atoms with Crippen LogP contribution in [-0.4, -0.2) is 39.6 Å². The Hall–Kier alpha value is -3.95. The van der Waals surface area contributed by atoms with Gasteiger partial charge in [-0.25, -0.2) is 14.1 Å². The van der Waals surface area contributed by atoms with E-state index in [1.165, 1.54) is 18.2 Å². The van der Waals surface area contributed by atoms with E-state index in [1.807, 2.05) is 48.7 Å². The average molecular weight is 559 g/mol. The quantitative estimate of drug-likeness (QED) is 0.363. The molecular formula is C28H20BrFN4O3. The zero-order valence-electron chi connectivity index (χ0n) is 19.5. The van der Waals surface area contributed by atoms with Gasteiger partial charge in [-0.1, -0.05) is 34.1 Å². The van der Waals surface area contributed by atoms with E-state index >= 15 is 0 Å². The summed E-state index contributed by atoms with van der Waals surface area (Å²) in [4.78, 5) is 30.1. The molecule has 1 fully saturated rings. The van der Waals surface area contributed by atoms with Gasteiger partial charge in [0.15, 0.2) is 6.23 Å². The Balaban J connectivity index is 1.34. The summed E-state index contributed by atoms with van der Waals surface area (Å²) in [6, 6.07) is 19.5. The zero-order valence-corrected chi connectivity index (χ0v) is 21.1. The highest BCUT2D eigenvalue weighted by molar-refractivity contribution is 9.10. The van der Waals surface area contributed by atoms with E-state index in [0.717, 1.165) is 32.1 Å². The summed E-state index contributed by atoms with van der Waals surface area (Å²) in [5.74, 6) is -0.725. The van der Waals surface area contributed by atoms with Gasteiger partial charge >= 0.3 is 0 Å². The lowest BCUT2D eigenvalue weighted by atomic mass is 10.0. The van der Waals surface area contributed by atoms with Crippen molar-refractivity contribution in [3.63, 3.8) is 0 Å². The molecule has 2 amide bonds. The van der Waals surface area contributed by atoms with Crippen LogP contribution in [0.25, 0.3) is 22.9 Å². The maximum Gasteiger partial charge on any atom is 0.270 e. The molecule has 0 spiro atoms. The molecule has 0 saturated carbocycles. The summed E-state index contributed by atoms with van der Waals surface area (Å²) >= 11 is 3.45. The van der Waals surface area contributed by atoms with E-state index < -0.39 is 6.23 Å². The molecule has 7 nitrogen and oxygen atoms in total. The summed E-state index contributed by atoms with van der Waals surface area (Å²) in [5.41, 5.74) is 3.91. The molecule has 0 N–H and O–H groups in total. The summed E-state index contributed by atoms with van der Waals surface area (Å²) in [5, 5.41) is 6.27. The fourth-order valence-electron chi connectivity index (χ4n) is 4.58. The van der Waals surface area contributed by atoms with Gasteiger partial charge in [-0.3, -0.25) is 9.59 Å². The van der Waals surface area contributed by atoms with Crippen molar-refractivity contribution in [1.29, 1.82) is 0 Å². The molecule has 1 atom stereocenters. The van der Waals surface area contributed by atoms with Crippen LogP contribution in [0.15, 0.2) is 82.4 Å². The number of nitrogens with zero attached hydrogens (tertiary/aromatic N) is 4. The molecule has 0 unspecified atom stereocenters. The molecule has 2 aliphatic rings. The largest absolute Gasteiger partial charge is 0.342 e. The Morgan fingerprint density at radius 2 is 1.81 bits per heavy atom. The van der Waals surface area contributed by atoms with Crippen LogP contribution in [-0.2, 0) is 20.7 Å². The van der Waals surface area contributed by atoms with Gasteiger partial charge in [0.05, 0.1) is 11.0 Å². The van der Waals surface area contributed by atoms with E-state index in [1.54, 1.807) is 21.7 Å². The number of fused-ring (bicyclic) bond motifs is 1. The predicted molar refractivity (Wildman–Crippen MR) is 137 cm³/mol. The first kappa shape index (κ1) is 23.4. The average Bonchev–Trinajstić information content (AvgIpc) is 3.59. The molecule has 9 heteroatoms. The summed E-state index contributed by atoms with van der Waals surface area (Å²) in [7, 11) is 0. The van der Waals surface area contributed by atoms with Gasteiger partial charge in [0.25, 0.3) is 11.8 Å². The molecule has 0 bridgehead atoms. The van der Waals surface area contributed by atoms with Crippen molar-refractivity contribution < 1.29 is 18.7 Å². The van der Waals surface area contributed by atoms with E-state index in [0.29, 0.717) is 24.0 Å². The SMILES string of the molecule is O=C1C=c2cc(CCN3C(=O)CO[C@H]3c3nn(-c4ccc(Br)cc4)cc3-c3ccc(F)cc3)ccc2=N1. The van der Waals surface area contributed by atoms with E-state index in [2.05, 4.69) is 20.9 Å². The zero-order chi connectivity index (χ0) is 25.5. The van der Waals surface area contributed by atoms with Crippen LogP contribution in [0.5, 0.6) is 0 Å². The highest BCUT2D eigenvalue weighted by Crippen LogP contribution is 2.35. The third-order valence-electron chi connectivity index (χ3n) is 6.43. The first-order valence-corrected chi connectivity index (χ1v) is 12.5. The van der Waals surface area contributed by atoms with Crippen molar-refractivity contribution in [3.05, 3.63) is 105 Å². The van der Waals surface area contributed by atoms with Crippen LogP contribution in [0.2, 0.25) is 0 Å². The Bertz CT molecular complexity index is 1650. The summed E-state index contributed by atoms with van der Waals surface area (Å²) in [6.45, 7) is 0.353. The lowest BCUT2D eigenvalue weighted by molar-refractivity contribution is -0.128. The molecule has 37 heavy (non-hydrogen) atoms. The Morgan fingerprint density at radius 1 is 1.03 bits per heavy atom. The highest BCUT2D eigenvalue weighted by atomic mass is 79.9. The van der Waals surface area contributed by atoms with Crippen LogP contribution in [0.4, 0.5) is 4.39 Å². The Morgan fingerprint density at radius 3 is 2.59 bits per heavy atom. The first-order chi connectivity index (χ1) is 17.9. The minimum Gasteiger partial charge on any atom is -0.342 e. The number of hydrogen-bond donors (Lipinski definition) is 0. The molecule has 6 rings (SSSR count). The molecular weight excluding hydrogens is 539 g/mol. The van der Waals surface area contributed by atoms with Gasteiger partial charge < -0.3 is 9.64 Å². The fourth-order valence-corrected chi connectivity index (χ4v) is 4.84. The monoisotopic (exact) mass is 558 g/mol. The molecule has 0 radical (unpaired) electrons. The second-order valence-electron chi connectivity index (χ2n) is 8.84. The van der Waals surface area contributed by atoms with Crippen LogP contribution < -0.4 is 10.6 Å². The third-order valence-corrected chi connectivity index (χ3v) is 6.96. The summed E-state index contributed by atoms with van der Waals surface area (Å²) < 4.78 is 22.3. The highest BCUT2D eigenvalue weighted by Gasteiger charge is 2.36. The maximum absolute atomic E-state index is 13.7. The third kappa shape index (κ3) is 4.63. The molecule has 1 aromatic heterocycles. The number of hydrogen-bond acceptors (Lipinski definition) is 4. The lowest BCUT2D eigenvalue weighted by Gasteiger charge is -2.23. The second-order valence-corrected chi connectivity index (χ2v) is 9.76. The van der Waals surface area contributed by atoms with Crippen molar-refractivity contribution in [2.75, 3.05) is 13.2 Å². The van der Waals surface area contributed by atoms with Gasteiger partial charge in [0, 0.05) is 34.1 Å². The van der Waals surface area contributed by atoms with Crippen LogP contribution in [0.1, 0.15) is 17.5 Å². The van der Waals surface area contributed by atoms with Gasteiger partial charge in [-0.05, 0) is 66.1 Å². The van der Waals surface area contributed by atoms with Crippen molar-refractivity contribution in [3.8, 4) is 16.8 Å². The van der Waals surface area contributed by atoms with E-state index in [4.69, 9.17) is 9.84 Å². The fraction of sp³-hybridized carbons (Fsp3) is 0.143. The molecule has 2 aliphatic heterocycles. The molecule has 3 heterocycles. The van der Waals surface area contributed by atoms with Crippen LogP contribution >= 0.6 is 15.9 Å². The molecule has 1 saturated heterocycles. The minimum absolute atomic E-state index is 0.0516. The van der Waals surface area contributed by atoms with Crippen molar-refractivity contribution in [2.45, 2.75) is 12.6 Å². The number of ether oxygens (including phenoxy) is 1. The number of amides is 2.